The predicted octanol–water partition coefficient (Wildman–Crippen LogP) is 5.48. The smallest absolute Gasteiger partial charge is 0.338 e. The van der Waals surface area contributed by atoms with E-state index in [1.165, 1.54) is 0 Å². The molecule has 2 saturated heterocycles. The van der Waals surface area contributed by atoms with Crippen LogP contribution < -0.4 is 4.90 Å². The van der Waals surface area contributed by atoms with E-state index in [9.17, 15) is 9.59 Å². The fourth-order valence-electron chi connectivity index (χ4n) is 5.57. The summed E-state index contributed by atoms with van der Waals surface area (Å²) < 4.78 is 17.0. The van der Waals surface area contributed by atoms with E-state index in [0.717, 1.165) is 40.9 Å². The summed E-state index contributed by atoms with van der Waals surface area (Å²) in [6.45, 7) is 11.6. The quantitative estimate of drug-likeness (QED) is 0.414. The summed E-state index contributed by atoms with van der Waals surface area (Å²) in [6.07, 6.45) is 1.53. The lowest BCUT2D eigenvalue weighted by Gasteiger charge is -2.42. The number of esters is 1. The van der Waals surface area contributed by atoms with Crippen molar-refractivity contribution < 1.29 is 23.5 Å². The van der Waals surface area contributed by atoms with E-state index in [0.29, 0.717) is 13.0 Å². The van der Waals surface area contributed by atoms with Gasteiger partial charge in [0.1, 0.15) is 5.58 Å². The first-order valence-electron chi connectivity index (χ1n) is 13.2. The highest BCUT2D eigenvalue weighted by molar-refractivity contribution is 5.94. The lowest BCUT2D eigenvalue weighted by Crippen LogP contribution is -2.57. The molecule has 5 rings (SSSR count). The summed E-state index contributed by atoms with van der Waals surface area (Å²) >= 11 is 0. The molecular weight excluding hydrogens is 468 g/mol. The van der Waals surface area contributed by atoms with Crippen molar-refractivity contribution in [3.63, 3.8) is 0 Å². The summed E-state index contributed by atoms with van der Waals surface area (Å²) in [5.41, 5.74) is 4.20. The van der Waals surface area contributed by atoms with Crippen molar-refractivity contribution in [3.8, 4) is 11.1 Å². The van der Waals surface area contributed by atoms with Crippen LogP contribution in [0.15, 0.2) is 59.2 Å². The van der Waals surface area contributed by atoms with E-state index in [4.69, 9.17) is 13.9 Å². The van der Waals surface area contributed by atoms with Crippen LogP contribution in [0.25, 0.3) is 22.1 Å². The molecule has 0 saturated carbocycles. The second-order valence-corrected chi connectivity index (χ2v) is 11.1. The fraction of sp³-hybridized carbons (Fsp3) is 0.467. The molecule has 0 radical (unpaired) electrons. The van der Waals surface area contributed by atoms with E-state index in [1.54, 1.807) is 13.8 Å². The Balaban J connectivity index is 1.28. The first-order valence-corrected chi connectivity index (χ1v) is 13.2. The third-order valence-electron chi connectivity index (χ3n) is 7.33. The van der Waals surface area contributed by atoms with Crippen molar-refractivity contribution >= 4 is 28.5 Å². The molecule has 37 heavy (non-hydrogen) atoms. The number of cyclic esters (lactones) is 1. The number of ether oxygens (including phenoxy) is 2. The van der Waals surface area contributed by atoms with E-state index in [2.05, 4.69) is 56.0 Å². The first kappa shape index (κ1) is 25.3. The maximum absolute atomic E-state index is 13.7. The Hall–Kier alpha value is -3.32. The normalized spacial score (nSPS) is 22.5. The van der Waals surface area contributed by atoms with Gasteiger partial charge in [-0.2, -0.15) is 0 Å². The topological polar surface area (TPSA) is 72.2 Å². The number of rotatable bonds is 6. The monoisotopic (exact) mass is 504 g/mol. The van der Waals surface area contributed by atoms with Crippen molar-refractivity contribution in [2.45, 2.75) is 59.0 Å². The molecule has 7 nitrogen and oxygen atoms in total. The molecule has 0 N–H and O–H groups in total. The molecule has 3 atom stereocenters. The number of hydrogen-bond donors (Lipinski definition) is 0. The maximum Gasteiger partial charge on any atom is 0.338 e. The minimum atomic E-state index is -1.00. The van der Waals surface area contributed by atoms with Crippen LogP contribution in [0.1, 0.15) is 41.0 Å². The molecule has 0 spiro atoms. The van der Waals surface area contributed by atoms with Gasteiger partial charge in [0.05, 0.1) is 12.2 Å². The van der Waals surface area contributed by atoms with Crippen molar-refractivity contribution in [2.75, 3.05) is 24.5 Å². The zero-order valence-corrected chi connectivity index (χ0v) is 22.3. The van der Waals surface area contributed by atoms with Crippen molar-refractivity contribution in [1.82, 2.24) is 4.90 Å². The van der Waals surface area contributed by atoms with E-state index >= 15 is 0 Å². The number of hydrogen-bond acceptors (Lipinski definition) is 6. The van der Waals surface area contributed by atoms with Crippen LogP contribution in [0.5, 0.6) is 0 Å². The Morgan fingerprint density at radius 1 is 1.08 bits per heavy atom. The number of carbonyl (C=O) groups excluding carboxylic acids is 2. The molecule has 0 aliphatic carbocycles. The van der Waals surface area contributed by atoms with Crippen LogP contribution in [0.4, 0.5) is 5.69 Å². The fourth-order valence-corrected chi connectivity index (χ4v) is 5.57. The molecule has 2 aromatic carbocycles. The molecule has 3 heterocycles. The predicted molar refractivity (Wildman–Crippen MR) is 143 cm³/mol. The molecule has 1 amide bonds. The molecule has 2 fully saturated rings. The third-order valence-corrected chi connectivity index (χ3v) is 7.33. The Bertz CT molecular complexity index is 1280. The van der Waals surface area contributed by atoms with Gasteiger partial charge in [0, 0.05) is 56.2 Å². The Labute approximate surface area is 218 Å². The first-order chi connectivity index (χ1) is 17.6. The number of piperazine rings is 1. The SMILES string of the molecule is CC(C)C[C@H](C(=O)N1CCN(c2ccc(-c3coc4ccccc34)cc2)C[C@H]1C)[C@@H]1OC(C)(C)OC1=O. The highest BCUT2D eigenvalue weighted by atomic mass is 16.8. The third kappa shape index (κ3) is 5.10. The number of carbonyl (C=O) groups is 2. The van der Waals surface area contributed by atoms with Gasteiger partial charge in [0.2, 0.25) is 11.7 Å². The summed E-state index contributed by atoms with van der Waals surface area (Å²) in [6, 6.07) is 16.6. The highest BCUT2D eigenvalue weighted by Crippen LogP contribution is 2.34. The lowest BCUT2D eigenvalue weighted by atomic mass is 9.90. The van der Waals surface area contributed by atoms with Crippen LogP contribution in [0, 0.1) is 11.8 Å². The minimum Gasteiger partial charge on any atom is -0.464 e. The Kier molecular flexibility index (Phi) is 6.75. The molecule has 7 heteroatoms. The van der Waals surface area contributed by atoms with Crippen LogP contribution in [-0.2, 0) is 19.1 Å². The molecule has 196 valence electrons. The van der Waals surface area contributed by atoms with Crippen molar-refractivity contribution in [3.05, 3.63) is 54.8 Å². The second-order valence-electron chi connectivity index (χ2n) is 11.1. The zero-order valence-electron chi connectivity index (χ0n) is 22.3. The molecule has 3 aromatic rings. The van der Waals surface area contributed by atoms with Gasteiger partial charge in [0.25, 0.3) is 0 Å². The van der Waals surface area contributed by atoms with Crippen LogP contribution >= 0.6 is 0 Å². The largest absolute Gasteiger partial charge is 0.464 e. The molecule has 1 aromatic heterocycles. The summed E-state index contributed by atoms with van der Waals surface area (Å²) in [5.74, 6) is -1.77. The summed E-state index contributed by atoms with van der Waals surface area (Å²) in [7, 11) is 0. The average Bonchev–Trinajstić information content (AvgIpc) is 3.41. The van der Waals surface area contributed by atoms with Crippen LogP contribution in [0.3, 0.4) is 0 Å². The zero-order chi connectivity index (χ0) is 26.3. The Morgan fingerprint density at radius 2 is 1.81 bits per heavy atom. The lowest BCUT2D eigenvalue weighted by molar-refractivity contribution is -0.163. The number of furan rings is 1. The molecule has 2 aliphatic rings. The van der Waals surface area contributed by atoms with Crippen LogP contribution in [-0.4, -0.2) is 54.3 Å². The minimum absolute atomic E-state index is 0.00107. The van der Waals surface area contributed by atoms with E-state index in [1.807, 2.05) is 29.4 Å². The number of nitrogens with zero attached hydrogens (tertiary/aromatic N) is 2. The highest BCUT2D eigenvalue weighted by Gasteiger charge is 2.49. The average molecular weight is 505 g/mol. The standard InChI is InChI=1S/C30H36N2O5/c1-19(2)16-24(27-29(34)37-30(4,5)36-27)28(33)32-15-14-31(17-20(32)3)22-12-10-21(11-13-22)25-18-35-26-9-7-6-8-23(25)26/h6-13,18-20,24,27H,14-17H2,1-5H3/t20-,24+,27+/m1/s1. The second kappa shape index (κ2) is 9.86. The van der Waals surface area contributed by atoms with Crippen LogP contribution in [0.2, 0.25) is 0 Å². The van der Waals surface area contributed by atoms with Gasteiger partial charge in [-0.3, -0.25) is 4.79 Å². The number of para-hydroxylation sites is 1. The van der Waals surface area contributed by atoms with Gasteiger partial charge in [-0.05, 0) is 43.0 Å². The van der Waals surface area contributed by atoms with Gasteiger partial charge in [-0.1, -0.05) is 44.2 Å². The van der Waals surface area contributed by atoms with E-state index in [-0.39, 0.29) is 17.9 Å². The number of amides is 1. The maximum atomic E-state index is 13.7. The summed E-state index contributed by atoms with van der Waals surface area (Å²) in [4.78, 5) is 30.5. The van der Waals surface area contributed by atoms with Gasteiger partial charge < -0.3 is 23.7 Å². The van der Waals surface area contributed by atoms with Gasteiger partial charge in [0.15, 0.2) is 6.10 Å². The summed E-state index contributed by atoms with van der Waals surface area (Å²) in [5, 5.41) is 1.10. The molecule has 0 bridgehead atoms. The number of anilines is 1. The van der Waals surface area contributed by atoms with Gasteiger partial charge in [-0.25, -0.2) is 4.79 Å². The Morgan fingerprint density at radius 3 is 2.46 bits per heavy atom. The van der Waals surface area contributed by atoms with Crippen molar-refractivity contribution in [1.29, 1.82) is 0 Å². The number of fused-ring (bicyclic) bond motifs is 1. The molecule has 2 aliphatic heterocycles. The molecule has 0 unspecified atom stereocenters. The van der Waals surface area contributed by atoms with E-state index < -0.39 is 23.8 Å². The van der Waals surface area contributed by atoms with Gasteiger partial charge >= 0.3 is 5.97 Å². The van der Waals surface area contributed by atoms with Gasteiger partial charge in [-0.15, -0.1) is 0 Å². The molecular formula is C30H36N2O5. The number of benzene rings is 2. The van der Waals surface area contributed by atoms with Crippen molar-refractivity contribution in [2.24, 2.45) is 11.8 Å².